The molecule has 0 fully saturated rings. The molecule has 8 heteroatoms. The maximum Gasteiger partial charge on any atom is 0.244 e. The van der Waals surface area contributed by atoms with Crippen molar-refractivity contribution >= 4 is 27.5 Å². The van der Waals surface area contributed by atoms with Gasteiger partial charge in [0.15, 0.2) is 0 Å². The quantitative estimate of drug-likeness (QED) is 0.472. The number of amides is 2. The van der Waals surface area contributed by atoms with Crippen LogP contribution in [0, 0.1) is 6.92 Å². The average Bonchev–Trinajstić information content (AvgIpc) is 2.80. The molecule has 2 aromatic carbocycles. The molecule has 0 aromatic heterocycles. The highest BCUT2D eigenvalue weighted by Gasteiger charge is 2.31. The molecular formula is C27H39N3O4S. The number of nitrogens with one attached hydrogen (secondary N) is 1. The Labute approximate surface area is 210 Å². The van der Waals surface area contributed by atoms with E-state index in [1.165, 1.54) is 4.90 Å². The average molecular weight is 502 g/mol. The zero-order valence-electron chi connectivity index (χ0n) is 21.7. The van der Waals surface area contributed by atoms with Crippen molar-refractivity contribution in [3.63, 3.8) is 0 Å². The fraction of sp³-hybridized carbons (Fsp3) is 0.481. The van der Waals surface area contributed by atoms with Crippen LogP contribution in [0.4, 0.5) is 5.69 Å². The minimum atomic E-state index is -3.74. The molecule has 0 aliphatic carbocycles. The van der Waals surface area contributed by atoms with Gasteiger partial charge in [0.05, 0.1) is 11.9 Å². The van der Waals surface area contributed by atoms with Gasteiger partial charge in [-0.05, 0) is 48.9 Å². The van der Waals surface area contributed by atoms with E-state index in [1.807, 2.05) is 57.2 Å². The SMILES string of the molecule is CCCNC(=O)[C@H](CC)N(Cc1cccc(C)c1)C(=O)CN(c1ccc(C(C)C)cc1)S(C)(=O)=O. The first-order valence-electron chi connectivity index (χ1n) is 12.2. The van der Waals surface area contributed by atoms with Gasteiger partial charge in [-0.2, -0.15) is 0 Å². The summed E-state index contributed by atoms with van der Waals surface area (Å²) in [6.45, 7) is 10.2. The molecule has 2 aromatic rings. The van der Waals surface area contributed by atoms with E-state index in [1.54, 1.807) is 12.1 Å². The molecule has 7 nitrogen and oxygen atoms in total. The number of nitrogens with zero attached hydrogens (tertiary/aromatic N) is 2. The van der Waals surface area contributed by atoms with Gasteiger partial charge in [-0.25, -0.2) is 8.42 Å². The summed E-state index contributed by atoms with van der Waals surface area (Å²) in [7, 11) is -3.74. The second-order valence-corrected chi connectivity index (χ2v) is 11.1. The van der Waals surface area contributed by atoms with Gasteiger partial charge in [0.25, 0.3) is 0 Å². The third-order valence-electron chi connectivity index (χ3n) is 5.90. The summed E-state index contributed by atoms with van der Waals surface area (Å²) in [5.41, 5.74) is 3.42. The molecule has 0 saturated carbocycles. The molecule has 0 radical (unpaired) electrons. The van der Waals surface area contributed by atoms with Crippen LogP contribution in [0.15, 0.2) is 48.5 Å². The summed E-state index contributed by atoms with van der Waals surface area (Å²) >= 11 is 0. The number of rotatable bonds is 12. The molecule has 0 spiro atoms. The van der Waals surface area contributed by atoms with Crippen LogP contribution in [0.3, 0.4) is 0 Å². The first-order valence-corrected chi connectivity index (χ1v) is 14.0. The number of benzene rings is 2. The predicted octanol–water partition coefficient (Wildman–Crippen LogP) is 4.22. The summed E-state index contributed by atoms with van der Waals surface area (Å²) in [5, 5.41) is 2.88. The number of hydrogen-bond donors (Lipinski definition) is 1. The smallest absolute Gasteiger partial charge is 0.244 e. The van der Waals surface area contributed by atoms with E-state index in [0.717, 1.165) is 33.7 Å². The van der Waals surface area contributed by atoms with E-state index in [9.17, 15) is 18.0 Å². The molecule has 0 aliphatic heterocycles. The Hall–Kier alpha value is -2.87. The Morgan fingerprint density at radius 2 is 1.69 bits per heavy atom. The van der Waals surface area contributed by atoms with Crippen molar-refractivity contribution < 1.29 is 18.0 Å². The van der Waals surface area contributed by atoms with Gasteiger partial charge in [0.1, 0.15) is 12.6 Å². The van der Waals surface area contributed by atoms with E-state index in [0.29, 0.717) is 24.6 Å². The maximum atomic E-state index is 13.7. The fourth-order valence-corrected chi connectivity index (χ4v) is 4.78. The molecule has 0 unspecified atom stereocenters. The van der Waals surface area contributed by atoms with E-state index in [4.69, 9.17) is 0 Å². The van der Waals surface area contributed by atoms with Crippen LogP contribution in [-0.2, 0) is 26.2 Å². The summed E-state index contributed by atoms with van der Waals surface area (Å²) in [6, 6.07) is 14.2. The topological polar surface area (TPSA) is 86.8 Å². The normalized spacial score (nSPS) is 12.3. The van der Waals surface area contributed by atoms with Crippen LogP contribution >= 0.6 is 0 Å². The van der Waals surface area contributed by atoms with Gasteiger partial charge in [-0.3, -0.25) is 13.9 Å². The lowest BCUT2D eigenvalue weighted by Crippen LogP contribution is -2.52. The summed E-state index contributed by atoms with van der Waals surface area (Å²) in [4.78, 5) is 28.1. The van der Waals surface area contributed by atoms with Crippen molar-refractivity contribution in [1.82, 2.24) is 10.2 Å². The van der Waals surface area contributed by atoms with Crippen LogP contribution in [0.1, 0.15) is 63.1 Å². The fourth-order valence-electron chi connectivity index (χ4n) is 3.93. The Kier molecular flexibility index (Phi) is 10.3. The number of carbonyl (C=O) groups excluding carboxylic acids is 2. The molecule has 2 rings (SSSR count). The maximum absolute atomic E-state index is 13.7. The van der Waals surface area contributed by atoms with Gasteiger partial charge >= 0.3 is 0 Å². The molecular weight excluding hydrogens is 462 g/mol. The minimum absolute atomic E-state index is 0.211. The van der Waals surface area contributed by atoms with E-state index >= 15 is 0 Å². The van der Waals surface area contributed by atoms with E-state index in [-0.39, 0.29) is 19.0 Å². The Morgan fingerprint density at radius 3 is 2.20 bits per heavy atom. The molecule has 0 bridgehead atoms. The van der Waals surface area contributed by atoms with Gasteiger partial charge in [-0.1, -0.05) is 69.7 Å². The zero-order valence-corrected chi connectivity index (χ0v) is 22.6. The van der Waals surface area contributed by atoms with E-state index < -0.39 is 22.0 Å². The van der Waals surface area contributed by atoms with Crippen molar-refractivity contribution in [2.75, 3.05) is 23.7 Å². The third-order valence-corrected chi connectivity index (χ3v) is 7.04. The van der Waals surface area contributed by atoms with Crippen molar-refractivity contribution in [2.24, 2.45) is 0 Å². The van der Waals surface area contributed by atoms with Crippen molar-refractivity contribution in [1.29, 1.82) is 0 Å². The highest BCUT2D eigenvalue weighted by Crippen LogP contribution is 2.23. The van der Waals surface area contributed by atoms with Gasteiger partial charge < -0.3 is 10.2 Å². The molecule has 2 amide bonds. The molecule has 0 heterocycles. The second-order valence-electron chi connectivity index (χ2n) is 9.24. The molecule has 35 heavy (non-hydrogen) atoms. The van der Waals surface area contributed by atoms with Crippen molar-refractivity contribution in [3.8, 4) is 0 Å². The lowest BCUT2D eigenvalue weighted by molar-refractivity contribution is -0.140. The van der Waals surface area contributed by atoms with Gasteiger partial charge in [0.2, 0.25) is 21.8 Å². The van der Waals surface area contributed by atoms with Crippen LogP contribution < -0.4 is 9.62 Å². The predicted molar refractivity (Wildman–Crippen MR) is 142 cm³/mol. The monoisotopic (exact) mass is 501 g/mol. The molecule has 1 atom stereocenters. The van der Waals surface area contributed by atoms with Crippen LogP contribution in [0.25, 0.3) is 0 Å². The van der Waals surface area contributed by atoms with Crippen LogP contribution in [0.2, 0.25) is 0 Å². The van der Waals surface area contributed by atoms with Crippen LogP contribution in [0.5, 0.6) is 0 Å². The zero-order chi connectivity index (χ0) is 26.2. The molecule has 0 saturated heterocycles. The molecule has 1 N–H and O–H groups in total. The molecule has 0 aliphatic rings. The van der Waals surface area contributed by atoms with Crippen LogP contribution in [-0.4, -0.2) is 50.5 Å². The highest BCUT2D eigenvalue weighted by atomic mass is 32.2. The summed E-state index contributed by atoms with van der Waals surface area (Å²) < 4.78 is 26.5. The number of sulfonamides is 1. The van der Waals surface area contributed by atoms with E-state index in [2.05, 4.69) is 19.2 Å². The van der Waals surface area contributed by atoms with Crippen molar-refractivity contribution in [2.45, 2.75) is 66.0 Å². The first-order chi connectivity index (χ1) is 16.5. The number of carbonyl (C=O) groups is 2. The Morgan fingerprint density at radius 1 is 1.03 bits per heavy atom. The molecule has 192 valence electrons. The minimum Gasteiger partial charge on any atom is -0.354 e. The standard InChI is InChI=1S/C27H39N3O4S/c1-7-16-28-27(32)25(8-2)29(18-22-11-9-10-21(5)17-22)26(31)19-30(35(6,33)34)24-14-12-23(13-15-24)20(3)4/h9-15,17,20,25H,7-8,16,18-19H2,1-6H3,(H,28,32)/t25-/m0/s1. The Balaban J connectivity index is 2.42. The number of aryl methyl sites for hydroxylation is 1. The highest BCUT2D eigenvalue weighted by molar-refractivity contribution is 7.92. The number of hydrogen-bond acceptors (Lipinski definition) is 4. The summed E-state index contributed by atoms with van der Waals surface area (Å²) in [6.07, 6.45) is 2.28. The van der Waals surface area contributed by atoms with Crippen molar-refractivity contribution in [3.05, 3.63) is 65.2 Å². The van der Waals surface area contributed by atoms with Gasteiger partial charge in [-0.15, -0.1) is 0 Å². The van der Waals surface area contributed by atoms with Gasteiger partial charge in [0, 0.05) is 13.1 Å². The lowest BCUT2D eigenvalue weighted by Gasteiger charge is -2.33. The summed E-state index contributed by atoms with van der Waals surface area (Å²) in [5.74, 6) is -0.361. The largest absolute Gasteiger partial charge is 0.354 e. The number of anilines is 1. The lowest BCUT2D eigenvalue weighted by atomic mass is 10.0. The first kappa shape index (κ1) is 28.4. The third kappa shape index (κ3) is 8.09. The Bertz CT molecular complexity index is 1100. The second kappa shape index (κ2) is 12.7.